The van der Waals surface area contributed by atoms with E-state index < -0.39 is 0 Å². The van der Waals surface area contributed by atoms with Crippen molar-refractivity contribution in [3.05, 3.63) is 23.8 Å². The largest absolute Gasteiger partial charge is 0.496 e. The highest BCUT2D eigenvalue weighted by Gasteiger charge is 2.20. The molecule has 0 aromatic heterocycles. The van der Waals surface area contributed by atoms with Crippen molar-refractivity contribution in [1.82, 2.24) is 5.32 Å². The molecule has 0 aliphatic heterocycles. The molecule has 0 aliphatic carbocycles. The molecular formula is C14H22N2O4. The maximum Gasteiger partial charge on any atom is 0.259 e. The second kappa shape index (κ2) is 8.39. The molecular weight excluding hydrogens is 260 g/mol. The van der Waals surface area contributed by atoms with Gasteiger partial charge in [-0.2, -0.15) is 0 Å². The average molecular weight is 282 g/mol. The van der Waals surface area contributed by atoms with E-state index in [1.807, 2.05) is 0 Å². The Kier molecular flexibility index (Phi) is 6.83. The first kappa shape index (κ1) is 16.3. The van der Waals surface area contributed by atoms with Crippen molar-refractivity contribution in [3.63, 3.8) is 0 Å². The van der Waals surface area contributed by atoms with Crippen LogP contribution in [0, 0.1) is 0 Å². The first-order valence-electron chi connectivity index (χ1n) is 6.38. The van der Waals surface area contributed by atoms with Crippen LogP contribution in [0.4, 0.5) is 0 Å². The number of benzene rings is 1. The van der Waals surface area contributed by atoms with Gasteiger partial charge in [-0.3, -0.25) is 4.79 Å². The predicted octanol–water partition coefficient (Wildman–Crippen LogP) is 0.797. The summed E-state index contributed by atoms with van der Waals surface area (Å²) in [6.45, 7) is 0.873. The molecule has 0 radical (unpaired) electrons. The molecule has 1 unspecified atom stereocenters. The third kappa shape index (κ3) is 4.11. The standard InChI is InChI=1S/C14H22N2O4/c1-18-9-10(7-8-15)16-14(17)13-11(19-2)5-4-6-12(13)20-3/h4-6,10H,7-9,15H2,1-3H3,(H,16,17). The Bertz CT molecular complexity index is 409. The molecule has 0 saturated heterocycles. The molecule has 0 aliphatic rings. The molecule has 1 aromatic carbocycles. The number of nitrogens with two attached hydrogens (primary N) is 1. The van der Waals surface area contributed by atoms with E-state index in [0.29, 0.717) is 36.6 Å². The predicted molar refractivity (Wildman–Crippen MR) is 76.3 cm³/mol. The molecule has 1 aromatic rings. The Morgan fingerprint density at radius 1 is 1.25 bits per heavy atom. The topological polar surface area (TPSA) is 82.8 Å². The van der Waals surface area contributed by atoms with Crippen molar-refractivity contribution in [2.75, 3.05) is 34.5 Å². The number of carbonyl (C=O) groups excluding carboxylic acids is 1. The van der Waals surface area contributed by atoms with Gasteiger partial charge in [0, 0.05) is 7.11 Å². The van der Waals surface area contributed by atoms with Crippen LogP contribution in [0.15, 0.2) is 18.2 Å². The lowest BCUT2D eigenvalue weighted by Gasteiger charge is -2.19. The van der Waals surface area contributed by atoms with E-state index >= 15 is 0 Å². The highest BCUT2D eigenvalue weighted by Crippen LogP contribution is 2.28. The summed E-state index contributed by atoms with van der Waals surface area (Å²) in [4.78, 5) is 12.4. The monoisotopic (exact) mass is 282 g/mol. The van der Waals surface area contributed by atoms with Crippen LogP contribution in [-0.4, -0.2) is 46.4 Å². The number of hydrogen-bond donors (Lipinski definition) is 2. The zero-order valence-corrected chi connectivity index (χ0v) is 12.1. The average Bonchev–Trinajstić information content (AvgIpc) is 2.46. The van der Waals surface area contributed by atoms with Crippen LogP contribution >= 0.6 is 0 Å². The van der Waals surface area contributed by atoms with Crippen molar-refractivity contribution in [2.45, 2.75) is 12.5 Å². The fraction of sp³-hybridized carbons (Fsp3) is 0.500. The van der Waals surface area contributed by atoms with Gasteiger partial charge in [-0.1, -0.05) is 6.07 Å². The summed E-state index contributed by atoms with van der Waals surface area (Å²) in [5.41, 5.74) is 5.90. The molecule has 20 heavy (non-hydrogen) atoms. The number of rotatable bonds is 8. The molecule has 0 fully saturated rings. The Hall–Kier alpha value is -1.79. The highest BCUT2D eigenvalue weighted by atomic mass is 16.5. The molecule has 6 heteroatoms. The van der Waals surface area contributed by atoms with Gasteiger partial charge in [0.2, 0.25) is 0 Å². The molecule has 3 N–H and O–H groups in total. The molecule has 1 rings (SSSR count). The summed E-state index contributed by atoms with van der Waals surface area (Å²) in [7, 11) is 4.61. The SMILES string of the molecule is COCC(CCN)NC(=O)c1c(OC)cccc1OC. The van der Waals surface area contributed by atoms with E-state index in [9.17, 15) is 4.79 Å². The van der Waals surface area contributed by atoms with E-state index in [4.69, 9.17) is 19.9 Å². The Labute approximate surface area is 119 Å². The number of carbonyl (C=O) groups is 1. The molecule has 1 amide bonds. The minimum absolute atomic E-state index is 0.146. The quantitative estimate of drug-likeness (QED) is 0.737. The highest BCUT2D eigenvalue weighted by molar-refractivity contribution is 5.99. The van der Waals surface area contributed by atoms with Gasteiger partial charge < -0.3 is 25.3 Å². The summed E-state index contributed by atoms with van der Waals surface area (Å²) >= 11 is 0. The summed E-state index contributed by atoms with van der Waals surface area (Å²) in [5.74, 6) is 0.659. The number of amides is 1. The number of nitrogens with one attached hydrogen (secondary N) is 1. The number of ether oxygens (including phenoxy) is 3. The van der Waals surface area contributed by atoms with Crippen LogP contribution in [0.1, 0.15) is 16.8 Å². The van der Waals surface area contributed by atoms with Crippen LogP contribution in [0.25, 0.3) is 0 Å². The minimum Gasteiger partial charge on any atom is -0.496 e. The first-order valence-corrected chi connectivity index (χ1v) is 6.38. The summed E-state index contributed by atoms with van der Waals surface area (Å²) in [6, 6.07) is 5.05. The van der Waals surface area contributed by atoms with Gasteiger partial charge in [0.05, 0.1) is 26.9 Å². The molecule has 0 spiro atoms. The Morgan fingerprint density at radius 2 is 1.85 bits per heavy atom. The lowest BCUT2D eigenvalue weighted by molar-refractivity contribution is 0.0887. The van der Waals surface area contributed by atoms with Crippen molar-refractivity contribution in [1.29, 1.82) is 0 Å². The van der Waals surface area contributed by atoms with Crippen molar-refractivity contribution in [2.24, 2.45) is 5.73 Å². The Balaban J connectivity index is 2.95. The lowest BCUT2D eigenvalue weighted by Crippen LogP contribution is -2.39. The van der Waals surface area contributed by atoms with Crippen molar-refractivity contribution >= 4 is 5.91 Å². The van der Waals surface area contributed by atoms with Crippen LogP contribution in [-0.2, 0) is 4.74 Å². The second-order valence-corrected chi connectivity index (χ2v) is 4.24. The van der Waals surface area contributed by atoms with E-state index in [-0.39, 0.29) is 11.9 Å². The van der Waals surface area contributed by atoms with E-state index in [2.05, 4.69) is 5.32 Å². The van der Waals surface area contributed by atoms with Crippen molar-refractivity contribution in [3.8, 4) is 11.5 Å². The second-order valence-electron chi connectivity index (χ2n) is 4.24. The summed E-state index contributed by atoms with van der Waals surface area (Å²) in [5, 5.41) is 2.88. The molecule has 112 valence electrons. The fourth-order valence-corrected chi connectivity index (χ4v) is 1.93. The van der Waals surface area contributed by atoms with Gasteiger partial charge in [-0.05, 0) is 25.1 Å². The van der Waals surface area contributed by atoms with Crippen LogP contribution in [0.3, 0.4) is 0 Å². The number of hydrogen-bond acceptors (Lipinski definition) is 5. The zero-order valence-electron chi connectivity index (χ0n) is 12.1. The third-order valence-electron chi connectivity index (χ3n) is 2.87. The lowest BCUT2D eigenvalue weighted by atomic mass is 10.1. The molecule has 0 saturated carbocycles. The first-order chi connectivity index (χ1) is 9.67. The molecule has 0 heterocycles. The van der Waals surface area contributed by atoms with Crippen LogP contribution in [0.2, 0.25) is 0 Å². The summed E-state index contributed by atoms with van der Waals surface area (Å²) in [6.07, 6.45) is 0.636. The summed E-state index contributed by atoms with van der Waals surface area (Å²) < 4.78 is 15.5. The maximum absolute atomic E-state index is 12.4. The van der Waals surface area contributed by atoms with E-state index in [1.54, 1.807) is 25.3 Å². The molecule has 0 bridgehead atoms. The minimum atomic E-state index is -0.269. The van der Waals surface area contributed by atoms with Gasteiger partial charge >= 0.3 is 0 Å². The fourth-order valence-electron chi connectivity index (χ4n) is 1.93. The van der Waals surface area contributed by atoms with Gasteiger partial charge in [0.15, 0.2) is 0 Å². The normalized spacial score (nSPS) is 11.8. The van der Waals surface area contributed by atoms with Crippen LogP contribution in [0.5, 0.6) is 11.5 Å². The van der Waals surface area contributed by atoms with Gasteiger partial charge in [-0.25, -0.2) is 0 Å². The van der Waals surface area contributed by atoms with Gasteiger partial charge in [0.25, 0.3) is 5.91 Å². The molecule has 1 atom stereocenters. The van der Waals surface area contributed by atoms with E-state index in [0.717, 1.165) is 0 Å². The maximum atomic E-state index is 12.4. The zero-order chi connectivity index (χ0) is 15.0. The van der Waals surface area contributed by atoms with E-state index in [1.165, 1.54) is 14.2 Å². The number of methoxy groups -OCH3 is 3. The van der Waals surface area contributed by atoms with Crippen LogP contribution < -0.4 is 20.5 Å². The third-order valence-corrected chi connectivity index (χ3v) is 2.87. The Morgan fingerprint density at radius 3 is 2.30 bits per heavy atom. The van der Waals surface area contributed by atoms with Gasteiger partial charge in [-0.15, -0.1) is 0 Å². The smallest absolute Gasteiger partial charge is 0.259 e. The molecule has 6 nitrogen and oxygen atoms in total. The van der Waals surface area contributed by atoms with Crippen molar-refractivity contribution < 1.29 is 19.0 Å². The van der Waals surface area contributed by atoms with Gasteiger partial charge in [0.1, 0.15) is 17.1 Å².